The molecule has 0 saturated carbocycles. The zero-order chi connectivity index (χ0) is 17.1. The summed E-state index contributed by atoms with van der Waals surface area (Å²) >= 11 is 0. The molecule has 1 N–H and O–H groups in total. The third-order valence-corrected chi connectivity index (χ3v) is 4.74. The molecule has 0 bridgehead atoms. The van der Waals surface area contributed by atoms with Crippen LogP contribution >= 0.6 is 0 Å². The molecule has 2 fully saturated rings. The summed E-state index contributed by atoms with van der Waals surface area (Å²) in [4.78, 5) is 2.35. The lowest BCUT2D eigenvalue weighted by Crippen LogP contribution is -2.43. The van der Waals surface area contributed by atoms with E-state index in [9.17, 15) is 0 Å². The normalized spacial score (nSPS) is 27.6. The maximum absolute atomic E-state index is 6.21. The number of aromatic nitrogens is 2. The quantitative estimate of drug-likeness (QED) is 0.874. The highest BCUT2D eigenvalue weighted by Gasteiger charge is 2.43. The summed E-state index contributed by atoms with van der Waals surface area (Å²) in [5, 5.41) is 11.0. The van der Waals surface area contributed by atoms with Crippen molar-refractivity contribution in [1.82, 2.24) is 15.1 Å². The van der Waals surface area contributed by atoms with E-state index >= 15 is 0 Å². The largest absolute Gasteiger partial charge is 0.468 e. The molecule has 1 spiro atoms. The van der Waals surface area contributed by atoms with E-state index in [1.807, 2.05) is 12.1 Å². The second-order valence-electron chi connectivity index (χ2n) is 6.91. The van der Waals surface area contributed by atoms with Crippen molar-refractivity contribution in [2.45, 2.75) is 25.5 Å². The first-order valence-corrected chi connectivity index (χ1v) is 8.71. The summed E-state index contributed by atoms with van der Waals surface area (Å²) in [6.07, 6.45) is 2.66. The molecule has 2 aromatic heterocycles. The van der Waals surface area contributed by atoms with Crippen LogP contribution in [-0.2, 0) is 16.0 Å². The third kappa shape index (κ3) is 4.02. The van der Waals surface area contributed by atoms with Crippen LogP contribution in [0.1, 0.15) is 18.1 Å². The van der Waals surface area contributed by atoms with Crippen molar-refractivity contribution < 1.29 is 18.3 Å². The molecule has 4 rings (SSSR count). The van der Waals surface area contributed by atoms with Gasteiger partial charge in [0.2, 0.25) is 5.89 Å². The molecule has 2 aliphatic rings. The number of aryl methyl sites for hydroxylation is 1. The van der Waals surface area contributed by atoms with Gasteiger partial charge in [0.25, 0.3) is 0 Å². The number of nitrogens with one attached hydrogen (secondary N) is 1. The van der Waals surface area contributed by atoms with Crippen molar-refractivity contribution >= 4 is 6.01 Å². The average Bonchev–Trinajstić information content (AvgIpc) is 3.29. The van der Waals surface area contributed by atoms with Gasteiger partial charge in [-0.2, -0.15) is 0 Å². The fraction of sp³-hybridized carbons (Fsp3) is 0.647. The lowest BCUT2D eigenvalue weighted by molar-refractivity contribution is -0.0565. The summed E-state index contributed by atoms with van der Waals surface area (Å²) in [5.74, 6) is 1.92. The fourth-order valence-electron chi connectivity index (χ4n) is 3.62. The van der Waals surface area contributed by atoms with Crippen LogP contribution in [0.15, 0.2) is 27.2 Å². The van der Waals surface area contributed by atoms with Gasteiger partial charge in [-0.15, -0.1) is 5.10 Å². The average molecular weight is 348 g/mol. The molecular formula is C17H24N4O4. The first-order chi connectivity index (χ1) is 12.2. The Bertz CT molecular complexity index is 674. The van der Waals surface area contributed by atoms with Crippen molar-refractivity contribution in [3.63, 3.8) is 0 Å². The van der Waals surface area contributed by atoms with E-state index in [-0.39, 0.29) is 5.60 Å². The van der Waals surface area contributed by atoms with Crippen LogP contribution in [0.25, 0.3) is 0 Å². The van der Waals surface area contributed by atoms with E-state index in [1.54, 1.807) is 13.2 Å². The molecule has 0 aromatic carbocycles. The molecule has 2 saturated heterocycles. The lowest BCUT2D eigenvalue weighted by Gasteiger charge is -2.30. The Kier molecular flexibility index (Phi) is 4.74. The highest BCUT2D eigenvalue weighted by Crippen LogP contribution is 2.33. The summed E-state index contributed by atoms with van der Waals surface area (Å²) in [6.45, 7) is 7.11. The molecule has 25 heavy (non-hydrogen) atoms. The van der Waals surface area contributed by atoms with Gasteiger partial charge in [0.1, 0.15) is 11.4 Å². The maximum Gasteiger partial charge on any atom is 0.315 e. The van der Waals surface area contributed by atoms with Crippen molar-refractivity contribution in [3.05, 3.63) is 30.0 Å². The lowest BCUT2D eigenvalue weighted by atomic mass is 9.94. The summed E-state index contributed by atoms with van der Waals surface area (Å²) in [5.41, 5.74) is -0.250. The maximum atomic E-state index is 6.21. The number of furan rings is 1. The zero-order valence-electron chi connectivity index (χ0n) is 14.4. The van der Waals surface area contributed by atoms with Crippen LogP contribution in [0.4, 0.5) is 6.01 Å². The predicted molar refractivity (Wildman–Crippen MR) is 89.1 cm³/mol. The molecule has 8 heteroatoms. The molecule has 0 aliphatic carbocycles. The first kappa shape index (κ1) is 16.6. The van der Waals surface area contributed by atoms with Crippen molar-refractivity contribution in [2.75, 3.05) is 44.8 Å². The second-order valence-corrected chi connectivity index (χ2v) is 6.91. The topological polar surface area (TPSA) is 85.8 Å². The number of nitrogens with zero attached hydrogens (tertiary/aromatic N) is 3. The minimum absolute atomic E-state index is 0.250. The molecule has 2 aliphatic heterocycles. The molecule has 8 nitrogen and oxygen atoms in total. The Labute approximate surface area is 146 Å². The van der Waals surface area contributed by atoms with Gasteiger partial charge in [0.05, 0.1) is 32.6 Å². The highest BCUT2D eigenvalue weighted by atomic mass is 16.5. The van der Waals surface area contributed by atoms with Crippen molar-refractivity contribution in [2.24, 2.45) is 5.92 Å². The number of hydrogen-bond donors (Lipinski definition) is 1. The Hall–Kier alpha value is -1.90. The fourth-order valence-corrected chi connectivity index (χ4v) is 3.62. The Morgan fingerprint density at radius 3 is 3.16 bits per heavy atom. The molecule has 0 radical (unpaired) electrons. The van der Waals surface area contributed by atoms with Gasteiger partial charge >= 0.3 is 6.01 Å². The van der Waals surface area contributed by atoms with Gasteiger partial charge in [-0.05, 0) is 18.6 Å². The molecule has 0 unspecified atom stereocenters. The first-order valence-electron chi connectivity index (χ1n) is 8.71. The summed E-state index contributed by atoms with van der Waals surface area (Å²) in [6, 6.07) is 4.40. The third-order valence-electron chi connectivity index (χ3n) is 4.74. The molecule has 0 amide bonds. The smallest absolute Gasteiger partial charge is 0.315 e. The van der Waals surface area contributed by atoms with E-state index in [4.69, 9.17) is 18.3 Å². The van der Waals surface area contributed by atoms with Crippen LogP contribution in [0, 0.1) is 12.8 Å². The van der Waals surface area contributed by atoms with Gasteiger partial charge in [-0.3, -0.25) is 4.90 Å². The molecule has 4 heterocycles. The Balaban J connectivity index is 1.34. The molecule has 136 valence electrons. The monoisotopic (exact) mass is 348 g/mol. The van der Waals surface area contributed by atoms with Crippen molar-refractivity contribution in [1.29, 1.82) is 0 Å². The van der Waals surface area contributed by atoms with Crippen LogP contribution in [0.5, 0.6) is 0 Å². The second kappa shape index (κ2) is 7.15. The van der Waals surface area contributed by atoms with E-state index in [0.29, 0.717) is 31.0 Å². The number of hydrogen-bond acceptors (Lipinski definition) is 8. The van der Waals surface area contributed by atoms with Crippen LogP contribution in [-0.4, -0.2) is 60.2 Å². The van der Waals surface area contributed by atoms with Gasteiger partial charge in [0, 0.05) is 32.5 Å². The minimum Gasteiger partial charge on any atom is -0.468 e. The van der Waals surface area contributed by atoms with E-state index < -0.39 is 0 Å². The number of ether oxygens (including phenoxy) is 2. The van der Waals surface area contributed by atoms with Gasteiger partial charge in [0.15, 0.2) is 0 Å². The van der Waals surface area contributed by atoms with Gasteiger partial charge in [-0.25, -0.2) is 0 Å². The van der Waals surface area contributed by atoms with E-state index in [1.165, 1.54) is 0 Å². The predicted octanol–water partition coefficient (Wildman–Crippen LogP) is 1.69. The SMILES string of the molecule is Cc1nnc(NC[C@H]2CO[C@@]3(COCCN(Cc4ccco4)C3)C2)o1. The van der Waals surface area contributed by atoms with Crippen LogP contribution in [0.2, 0.25) is 0 Å². The van der Waals surface area contributed by atoms with Crippen LogP contribution < -0.4 is 5.32 Å². The molecule has 2 atom stereocenters. The molecular weight excluding hydrogens is 324 g/mol. The van der Waals surface area contributed by atoms with Crippen molar-refractivity contribution in [3.8, 4) is 0 Å². The summed E-state index contributed by atoms with van der Waals surface area (Å²) in [7, 11) is 0. The van der Waals surface area contributed by atoms with E-state index in [2.05, 4.69) is 20.4 Å². The molecule has 2 aromatic rings. The Morgan fingerprint density at radius 1 is 1.40 bits per heavy atom. The van der Waals surface area contributed by atoms with Crippen LogP contribution in [0.3, 0.4) is 0 Å². The zero-order valence-corrected chi connectivity index (χ0v) is 14.4. The highest BCUT2D eigenvalue weighted by molar-refractivity contribution is 5.17. The van der Waals surface area contributed by atoms with Gasteiger partial charge in [-0.1, -0.05) is 5.10 Å². The van der Waals surface area contributed by atoms with Gasteiger partial charge < -0.3 is 23.6 Å². The standard InChI is InChI=1S/C17H24N4O4/c1-13-19-20-16(25-13)18-8-14-7-17(24-10-14)11-21(4-6-22-12-17)9-15-3-2-5-23-15/h2-3,5,14H,4,6-12H2,1H3,(H,18,20)/t14-,17-/m0/s1. The minimum atomic E-state index is -0.250. The summed E-state index contributed by atoms with van der Waals surface area (Å²) < 4.78 is 22.9. The Morgan fingerprint density at radius 2 is 2.36 bits per heavy atom. The number of rotatable bonds is 5. The van der Waals surface area contributed by atoms with E-state index in [0.717, 1.165) is 45.0 Å². The number of anilines is 1.